The molecule has 4 heteroatoms. The van der Waals surface area contributed by atoms with Crippen LogP contribution in [0.25, 0.3) is 0 Å². The summed E-state index contributed by atoms with van der Waals surface area (Å²) in [5.41, 5.74) is 0. The Balaban J connectivity index is 1.95. The summed E-state index contributed by atoms with van der Waals surface area (Å²) < 4.78 is 5.10. The molecule has 1 saturated carbocycles. The molecule has 0 aromatic heterocycles. The zero-order valence-electron chi connectivity index (χ0n) is 12.8. The third kappa shape index (κ3) is 3.60. The molecule has 20 heavy (non-hydrogen) atoms. The van der Waals surface area contributed by atoms with Crippen LogP contribution in [0.1, 0.15) is 51.9 Å². The molecule has 0 aromatic rings. The standard InChI is InChI=1S/C16H27NO3/c1-12(11-20-2)10-16(19)17-9-5-7-14(17)13-6-3-4-8-15(13)18/h12-14H,3-11H2,1-2H3. The van der Waals surface area contributed by atoms with E-state index in [4.69, 9.17) is 4.74 Å². The van der Waals surface area contributed by atoms with Crippen LogP contribution in [0.15, 0.2) is 0 Å². The van der Waals surface area contributed by atoms with Crippen molar-refractivity contribution < 1.29 is 14.3 Å². The highest BCUT2D eigenvalue weighted by molar-refractivity contribution is 5.84. The number of nitrogens with zero attached hydrogens (tertiary/aromatic N) is 1. The van der Waals surface area contributed by atoms with Gasteiger partial charge in [0.05, 0.1) is 0 Å². The van der Waals surface area contributed by atoms with Crippen molar-refractivity contribution in [2.45, 2.75) is 57.9 Å². The number of carbonyl (C=O) groups is 2. The summed E-state index contributed by atoms with van der Waals surface area (Å²) in [5, 5.41) is 0. The fourth-order valence-corrected chi connectivity index (χ4v) is 3.70. The zero-order valence-corrected chi connectivity index (χ0v) is 12.8. The number of likely N-dealkylation sites (tertiary alicyclic amines) is 1. The first-order valence-corrected chi connectivity index (χ1v) is 7.94. The number of ether oxygens (including phenoxy) is 1. The lowest BCUT2D eigenvalue weighted by Crippen LogP contribution is -2.44. The van der Waals surface area contributed by atoms with Crippen LogP contribution >= 0.6 is 0 Å². The monoisotopic (exact) mass is 281 g/mol. The van der Waals surface area contributed by atoms with Gasteiger partial charge in [-0.25, -0.2) is 0 Å². The van der Waals surface area contributed by atoms with Gasteiger partial charge in [0.1, 0.15) is 5.78 Å². The van der Waals surface area contributed by atoms with E-state index in [0.717, 1.165) is 38.6 Å². The quantitative estimate of drug-likeness (QED) is 0.777. The molecular weight excluding hydrogens is 254 g/mol. The van der Waals surface area contributed by atoms with Gasteiger partial charge in [-0.1, -0.05) is 13.3 Å². The minimum atomic E-state index is 0.105. The fourth-order valence-electron chi connectivity index (χ4n) is 3.70. The lowest BCUT2D eigenvalue weighted by molar-refractivity contribution is -0.136. The summed E-state index contributed by atoms with van der Waals surface area (Å²) in [4.78, 5) is 26.6. The molecule has 0 N–H and O–H groups in total. The predicted molar refractivity (Wildman–Crippen MR) is 77.4 cm³/mol. The van der Waals surface area contributed by atoms with Gasteiger partial charge in [0.15, 0.2) is 0 Å². The maximum Gasteiger partial charge on any atom is 0.223 e. The zero-order chi connectivity index (χ0) is 14.5. The van der Waals surface area contributed by atoms with Crippen LogP contribution in [-0.2, 0) is 14.3 Å². The van der Waals surface area contributed by atoms with E-state index in [1.165, 1.54) is 0 Å². The lowest BCUT2D eigenvalue weighted by atomic mass is 9.81. The number of rotatable bonds is 5. The molecule has 1 heterocycles. The molecule has 2 fully saturated rings. The fraction of sp³-hybridized carbons (Fsp3) is 0.875. The molecular formula is C16H27NO3. The number of amides is 1. The van der Waals surface area contributed by atoms with E-state index in [0.29, 0.717) is 25.2 Å². The summed E-state index contributed by atoms with van der Waals surface area (Å²) in [7, 11) is 1.67. The van der Waals surface area contributed by atoms with Gasteiger partial charge in [0.2, 0.25) is 5.91 Å². The largest absolute Gasteiger partial charge is 0.384 e. The van der Waals surface area contributed by atoms with Gasteiger partial charge in [-0.3, -0.25) is 9.59 Å². The van der Waals surface area contributed by atoms with Crippen LogP contribution in [0, 0.1) is 11.8 Å². The third-order valence-corrected chi connectivity index (χ3v) is 4.66. The van der Waals surface area contributed by atoms with Gasteiger partial charge < -0.3 is 9.64 Å². The molecule has 0 aromatic carbocycles. The molecule has 0 radical (unpaired) electrons. The Labute approximate surface area is 121 Å². The molecule has 1 amide bonds. The molecule has 1 saturated heterocycles. The summed E-state index contributed by atoms with van der Waals surface area (Å²) in [6.45, 7) is 3.48. The van der Waals surface area contributed by atoms with E-state index < -0.39 is 0 Å². The van der Waals surface area contributed by atoms with E-state index in [1.54, 1.807) is 7.11 Å². The van der Waals surface area contributed by atoms with Gasteiger partial charge in [-0.15, -0.1) is 0 Å². The second-order valence-electron chi connectivity index (χ2n) is 6.38. The van der Waals surface area contributed by atoms with E-state index in [1.807, 2.05) is 11.8 Å². The van der Waals surface area contributed by atoms with Crippen LogP contribution in [-0.4, -0.2) is 42.9 Å². The van der Waals surface area contributed by atoms with Gasteiger partial charge in [-0.05, 0) is 31.6 Å². The van der Waals surface area contributed by atoms with Crippen molar-refractivity contribution >= 4 is 11.7 Å². The Morgan fingerprint density at radius 1 is 1.35 bits per heavy atom. The van der Waals surface area contributed by atoms with E-state index in [9.17, 15) is 9.59 Å². The van der Waals surface area contributed by atoms with Crippen LogP contribution in [0.3, 0.4) is 0 Å². The molecule has 4 nitrogen and oxygen atoms in total. The maximum absolute atomic E-state index is 12.4. The van der Waals surface area contributed by atoms with Crippen molar-refractivity contribution in [2.24, 2.45) is 11.8 Å². The molecule has 2 aliphatic rings. The number of ketones is 1. The van der Waals surface area contributed by atoms with E-state index >= 15 is 0 Å². The summed E-state index contributed by atoms with van der Waals surface area (Å²) in [6, 6.07) is 0.171. The number of hydrogen-bond acceptors (Lipinski definition) is 3. The van der Waals surface area contributed by atoms with Crippen molar-refractivity contribution in [2.75, 3.05) is 20.3 Å². The van der Waals surface area contributed by atoms with Crippen molar-refractivity contribution in [3.05, 3.63) is 0 Å². The Bertz CT molecular complexity index is 356. The second kappa shape index (κ2) is 7.21. The van der Waals surface area contributed by atoms with Crippen molar-refractivity contribution in [1.29, 1.82) is 0 Å². The molecule has 3 atom stereocenters. The summed E-state index contributed by atoms with van der Waals surface area (Å²) in [5.74, 6) is 0.935. The molecule has 114 valence electrons. The SMILES string of the molecule is COCC(C)CC(=O)N1CCCC1C1CCCCC1=O. The van der Waals surface area contributed by atoms with Crippen molar-refractivity contribution in [1.82, 2.24) is 4.90 Å². The normalized spacial score (nSPS) is 28.7. The Morgan fingerprint density at radius 2 is 2.15 bits per heavy atom. The molecule has 0 spiro atoms. The highest BCUT2D eigenvalue weighted by Crippen LogP contribution is 2.33. The third-order valence-electron chi connectivity index (χ3n) is 4.66. The smallest absolute Gasteiger partial charge is 0.223 e. The van der Waals surface area contributed by atoms with Crippen LogP contribution < -0.4 is 0 Å². The topological polar surface area (TPSA) is 46.6 Å². The Hall–Kier alpha value is -0.900. The van der Waals surface area contributed by atoms with Gasteiger partial charge in [-0.2, -0.15) is 0 Å². The molecule has 3 unspecified atom stereocenters. The first-order valence-electron chi connectivity index (χ1n) is 7.94. The van der Waals surface area contributed by atoms with Crippen molar-refractivity contribution in [3.63, 3.8) is 0 Å². The number of carbonyl (C=O) groups excluding carboxylic acids is 2. The first-order chi connectivity index (χ1) is 9.63. The van der Waals surface area contributed by atoms with Gasteiger partial charge in [0, 0.05) is 45.1 Å². The number of methoxy groups -OCH3 is 1. The van der Waals surface area contributed by atoms with Crippen LogP contribution in [0.2, 0.25) is 0 Å². The highest BCUT2D eigenvalue weighted by Gasteiger charge is 2.38. The molecule has 1 aliphatic heterocycles. The molecule has 1 aliphatic carbocycles. The average Bonchev–Trinajstić information content (AvgIpc) is 2.88. The Morgan fingerprint density at radius 3 is 2.85 bits per heavy atom. The van der Waals surface area contributed by atoms with Gasteiger partial charge >= 0.3 is 0 Å². The van der Waals surface area contributed by atoms with E-state index in [2.05, 4.69) is 0 Å². The minimum absolute atomic E-state index is 0.105. The maximum atomic E-state index is 12.4. The highest BCUT2D eigenvalue weighted by atomic mass is 16.5. The Kier molecular flexibility index (Phi) is 5.58. The summed E-state index contributed by atoms with van der Waals surface area (Å²) in [6.07, 6.45) is 6.42. The minimum Gasteiger partial charge on any atom is -0.384 e. The molecule has 2 rings (SSSR count). The van der Waals surface area contributed by atoms with Gasteiger partial charge in [0.25, 0.3) is 0 Å². The number of Topliss-reactive ketones (excluding diaryl/α,β-unsaturated/α-hetero) is 1. The number of hydrogen-bond donors (Lipinski definition) is 0. The van der Waals surface area contributed by atoms with E-state index in [-0.39, 0.29) is 23.8 Å². The first kappa shape index (κ1) is 15.5. The van der Waals surface area contributed by atoms with Crippen LogP contribution in [0.5, 0.6) is 0 Å². The lowest BCUT2D eigenvalue weighted by Gasteiger charge is -2.33. The van der Waals surface area contributed by atoms with Crippen molar-refractivity contribution in [3.8, 4) is 0 Å². The van der Waals surface area contributed by atoms with Crippen LogP contribution in [0.4, 0.5) is 0 Å². The molecule has 0 bridgehead atoms. The summed E-state index contributed by atoms with van der Waals surface area (Å²) >= 11 is 0. The second-order valence-corrected chi connectivity index (χ2v) is 6.38. The predicted octanol–water partition coefficient (Wildman–Crippen LogP) is 2.41. The average molecular weight is 281 g/mol.